The Bertz CT molecular complexity index is 401. The number of para-hydroxylation sites is 2. The zero-order valence-corrected chi connectivity index (χ0v) is 12.2. The molecule has 0 bridgehead atoms. The zero-order valence-electron chi connectivity index (χ0n) is 12.2. The van der Waals surface area contributed by atoms with E-state index in [0.717, 1.165) is 31.1 Å². The number of hydrogen-bond acceptors (Lipinski definition) is 3. The molecular weight excluding hydrogens is 238 g/mol. The van der Waals surface area contributed by atoms with Crippen LogP contribution in [0.2, 0.25) is 0 Å². The van der Waals surface area contributed by atoms with E-state index in [1.165, 1.54) is 12.8 Å². The molecule has 1 aromatic carbocycles. The summed E-state index contributed by atoms with van der Waals surface area (Å²) in [5.41, 5.74) is 0.456. The maximum Gasteiger partial charge on any atom is 0.161 e. The molecule has 1 unspecified atom stereocenters. The summed E-state index contributed by atoms with van der Waals surface area (Å²) in [4.78, 5) is 0. The minimum atomic E-state index is 0.456. The summed E-state index contributed by atoms with van der Waals surface area (Å²) in [6.07, 6.45) is 3.74. The lowest BCUT2D eigenvalue weighted by molar-refractivity contribution is 0.231. The summed E-state index contributed by atoms with van der Waals surface area (Å²) in [7, 11) is 1.68. The molecule has 0 aliphatic heterocycles. The van der Waals surface area contributed by atoms with Gasteiger partial charge in [-0.2, -0.15) is 0 Å². The Hall–Kier alpha value is -1.22. The molecule has 3 nitrogen and oxygen atoms in total. The third-order valence-electron chi connectivity index (χ3n) is 4.25. The average molecular weight is 263 g/mol. The molecule has 1 saturated carbocycles. The molecule has 1 fully saturated rings. The Morgan fingerprint density at radius 1 is 1.26 bits per heavy atom. The van der Waals surface area contributed by atoms with Crippen molar-refractivity contribution in [3.8, 4) is 11.5 Å². The molecule has 1 atom stereocenters. The van der Waals surface area contributed by atoms with Crippen molar-refractivity contribution in [2.24, 2.45) is 5.41 Å². The Morgan fingerprint density at radius 2 is 1.95 bits per heavy atom. The largest absolute Gasteiger partial charge is 0.493 e. The highest BCUT2D eigenvalue weighted by Crippen LogP contribution is 2.51. The molecule has 0 amide bonds. The minimum absolute atomic E-state index is 0.456. The predicted molar refractivity (Wildman–Crippen MR) is 77.9 cm³/mol. The fourth-order valence-electron chi connectivity index (χ4n) is 2.69. The zero-order chi connectivity index (χ0) is 13.7. The summed E-state index contributed by atoms with van der Waals surface area (Å²) in [6.45, 7) is 6.25. The lowest BCUT2D eigenvalue weighted by Crippen LogP contribution is -2.35. The van der Waals surface area contributed by atoms with Crippen LogP contribution in [-0.2, 0) is 0 Å². The predicted octanol–water partition coefficient (Wildman–Crippen LogP) is 3.24. The maximum absolute atomic E-state index is 5.88. The lowest BCUT2D eigenvalue weighted by atomic mass is 9.94. The molecule has 1 aromatic rings. The van der Waals surface area contributed by atoms with Gasteiger partial charge in [0.05, 0.1) is 13.7 Å². The van der Waals surface area contributed by atoms with Crippen LogP contribution >= 0.6 is 0 Å². The number of nitrogens with one attached hydrogen (secondary N) is 1. The number of rotatable bonds is 8. The fraction of sp³-hybridized carbons (Fsp3) is 0.625. The molecule has 0 aromatic heterocycles. The second-order valence-corrected chi connectivity index (χ2v) is 5.39. The van der Waals surface area contributed by atoms with E-state index in [1.54, 1.807) is 7.11 Å². The molecule has 1 aliphatic rings. The standard InChI is InChI=1S/C16H25NO2/c1-4-17-13(2)16(9-10-16)11-12-19-15-8-6-5-7-14(15)18-3/h5-8,13,17H,4,9-12H2,1-3H3. The van der Waals surface area contributed by atoms with Gasteiger partial charge in [-0.3, -0.25) is 0 Å². The first-order chi connectivity index (χ1) is 9.22. The molecular formula is C16H25NO2. The van der Waals surface area contributed by atoms with Crippen LogP contribution in [0.15, 0.2) is 24.3 Å². The highest BCUT2D eigenvalue weighted by molar-refractivity contribution is 5.39. The highest BCUT2D eigenvalue weighted by Gasteiger charge is 2.46. The Balaban J connectivity index is 1.83. The molecule has 19 heavy (non-hydrogen) atoms. The average Bonchev–Trinajstić information content (AvgIpc) is 3.21. The van der Waals surface area contributed by atoms with Gasteiger partial charge in [0, 0.05) is 6.04 Å². The summed E-state index contributed by atoms with van der Waals surface area (Å²) < 4.78 is 11.2. The van der Waals surface area contributed by atoms with Crippen LogP contribution in [0, 0.1) is 5.41 Å². The topological polar surface area (TPSA) is 30.5 Å². The summed E-state index contributed by atoms with van der Waals surface area (Å²) >= 11 is 0. The van der Waals surface area contributed by atoms with Crippen LogP contribution in [0.1, 0.15) is 33.1 Å². The number of ether oxygens (including phenoxy) is 2. The van der Waals surface area contributed by atoms with Gasteiger partial charge in [0.25, 0.3) is 0 Å². The first-order valence-corrected chi connectivity index (χ1v) is 7.21. The van der Waals surface area contributed by atoms with Crippen LogP contribution in [0.3, 0.4) is 0 Å². The summed E-state index contributed by atoms with van der Waals surface area (Å²) in [6, 6.07) is 8.42. The van der Waals surface area contributed by atoms with Crippen molar-refractivity contribution in [2.75, 3.05) is 20.3 Å². The van der Waals surface area contributed by atoms with E-state index in [-0.39, 0.29) is 0 Å². The molecule has 3 heteroatoms. The van der Waals surface area contributed by atoms with Crippen molar-refractivity contribution >= 4 is 0 Å². The van der Waals surface area contributed by atoms with Crippen LogP contribution in [0.5, 0.6) is 11.5 Å². The molecule has 1 aliphatic carbocycles. The Labute approximate surface area is 116 Å². The SMILES string of the molecule is CCNC(C)C1(CCOc2ccccc2OC)CC1. The van der Waals surface area contributed by atoms with Gasteiger partial charge in [-0.15, -0.1) is 0 Å². The van der Waals surface area contributed by atoms with Gasteiger partial charge in [-0.25, -0.2) is 0 Å². The van der Waals surface area contributed by atoms with E-state index >= 15 is 0 Å². The Morgan fingerprint density at radius 3 is 2.53 bits per heavy atom. The van der Waals surface area contributed by atoms with Gasteiger partial charge in [0.1, 0.15) is 0 Å². The third kappa shape index (κ3) is 3.41. The van der Waals surface area contributed by atoms with Gasteiger partial charge >= 0.3 is 0 Å². The Kier molecular flexibility index (Phi) is 4.70. The number of benzene rings is 1. The summed E-state index contributed by atoms with van der Waals surface area (Å²) in [5.74, 6) is 1.66. The highest BCUT2D eigenvalue weighted by atomic mass is 16.5. The van der Waals surface area contributed by atoms with E-state index in [4.69, 9.17) is 9.47 Å². The van der Waals surface area contributed by atoms with Crippen LogP contribution in [0.25, 0.3) is 0 Å². The first kappa shape index (κ1) is 14.2. The van der Waals surface area contributed by atoms with Gasteiger partial charge in [0.2, 0.25) is 0 Å². The summed E-state index contributed by atoms with van der Waals surface area (Å²) in [5, 5.41) is 3.54. The van der Waals surface area contributed by atoms with Gasteiger partial charge in [-0.05, 0) is 50.3 Å². The van der Waals surface area contributed by atoms with Crippen molar-refractivity contribution in [3.05, 3.63) is 24.3 Å². The molecule has 0 spiro atoms. The van der Waals surface area contributed by atoms with Crippen molar-refractivity contribution in [2.45, 2.75) is 39.2 Å². The van der Waals surface area contributed by atoms with E-state index in [0.29, 0.717) is 11.5 Å². The number of hydrogen-bond donors (Lipinski definition) is 1. The smallest absolute Gasteiger partial charge is 0.161 e. The lowest BCUT2D eigenvalue weighted by Gasteiger charge is -2.24. The normalized spacial score (nSPS) is 17.8. The first-order valence-electron chi connectivity index (χ1n) is 7.21. The molecule has 0 saturated heterocycles. The molecule has 1 N–H and O–H groups in total. The third-order valence-corrected chi connectivity index (χ3v) is 4.25. The van der Waals surface area contributed by atoms with Crippen molar-refractivity contribution in [3.63, 3.8) is 0 Å². The quantitative estimate of drug-likeness (QED) is 0.781. The number of methoxy groups -OCH3 is 1. The van der Waals surface area contributed by atoms with Gasteiger partial charge in [-0.1, -0.05) is 19.1 Å². The van der Waals surface area contributed by atoms with Crippen LogP contribution in [-0.4, -0.2) is 26.3 Å². The molecule has 106 valence electrons. The second-order valence-electron chi connectivity index (χ2n) is 5.39. The van der Waals surface area contributed by atoms with Crippen LogP contribution < -0.4 is 14.8 Å². The molecule has 0 heterocycles. The van der Waals surface area contributed by atoms with Crippen molar-refractivity contribution < 1.29 is 9.47 Å². The van der Waals surface area contributed by atoms with E-state index < -0.39 is 0 Å². The van der Waals surface area contributed by atoms with Crippen molar-refractivity contribution in [1.29, 1.82) is 0 Å². The second kappa shape index (κ2) is 6.29. The van der Waals surface area contributed by atoms with E-state index in [9.17, 15) is 0 Å². The monoisotopic (exact) mass is 263 g/mol. The van der Waals surface area contributed by atoms with Gasteiger partial charge in [0.15, 0.2) is 11.5 Å². The maximum atomic E-state index is 5.88. The molecule has 2 rings (SSSR count). The minimum Gasteiger partial charge on any atom is -0.493 e. The molecule has 0 radical (unpaired) electrons. The van der Waals surface area contributed by atoms with E-state index in [2.05, 4.69) is 19.2 Å². The van der Waals surface area contributed by atoms with Crippen LogP contribution in [0.4, 0.5) is 0 Å². The fourth-order valence-corrected chi connectivity index (χ4v) is 2.69. The van der Waals surface area contributed by atoms with E-state index in [1.807, 2.05) is 24.3 Å². The van der Waals surface area contributed by atoms with Gasteiger partial charge < -0.3 is 14.8 Å². The van der Waals surface area contributed by atoms with Crippen molar-refractivity contribution in [1.82, 2.24) is 5.32 Å².